The van der Waals surface area contributed by atoms with Gasteiger partial charge in [0.25, 0.3) is 0 Å². The summed E-state index contributed by atoms with van der Waals surface area (Å²) in [6.07, 6.45) is 1.96. The molecule has 0 radical (unpaired) electrons. The van der Waals surface area contributed by atoms with Gasteiger partial charge in [0.2, 0.25) is 0 Å². The zero-order valence-corrected chi connectivity index (χ0v) is 10.2. The summed E-state index contributed by atoms with van der Waals surface area (Å²) in [5.74, 6) is -0.143. The van der Waals surface area contributed by atoms with Gasteiger partial charge in [0.1, 0.15) is 5.75 Å². The molecule has 0 bridgehead atoms. The van der Waals surface area contributed by atoms with Crippen LogP contribution in [0.3, 0.4) is 0 Å². The number of hydrogen-bond acceptors (Lipinski definition) is 5. The summed E-state index contributed by atoms with van der Waals surface area (Å²) in [5.41, 5.74) is 0.580. The van der Waals surface area contributed by atoms with Gasteiger partial charge < -0.3 is 14.2 Å². The first-order chi connectivity index (χ1) is 8.67. The molecule has 0 unspecified atom stereocenters. The Morgan fingerprint density at radius 2 is 2.00 bits per heavy atom. The second kappa shape index (κ2) is 7.11. The van der Waals surface area contributed by atoms with E-state index in [0.29, 0.717) is 17.9 Å². The Labute approximate surface area is 105 Å². The Balaban J connectivity index is 2.82. The molecule has 0 aliphatic heterocycles. The molecule has 96 valence electrons. The summed E-state index contributed by atoms with van der Waals surface area (Å²) in [7, 11) is 1.22. The predicted molar refractivity (Wildman–Crippen MR) is 65.1 cm³/mol. The Kier molecular flexibility index (Phi) is 5.44. The third kappa shape index (κ3) is 4.29. The first-order valence-electron chi connectivity index (χ1n) is 5.37. The van der Waals surface area contributed by atoms with Crippen LogP contribution in [0.15, 0.2) is 30.3 Å². The second-order valence-corrected chi connectivity index (χ2v) is 3.18. The quantitative estimate of drug-likeness (QED) is 0.466. The molecule has 0 aromatic heterocycles. The standard InChI is InChI=1S/C13H14O5/c1-3-17-12(14)9-8-10-6-4-5-7-11(10)18-13(15)16-2/h4-9H,3H2,1-2H3. The van der Waals surface area contributed by atoms with E-state index in [1.54, 1.807) is 31.2 Å². The van der Waals surface area contributed by atoms with Crippen LogP contribution in [-0.2, 0) is 14.3 Å². The molecule has 0 heterocycles. The highest BCUT2D eigenvalue weighted by Gasteiger charge is 2.06. The minimum atomic E-state index is -0.813. The van der Waals surface area contributed by atoms with E-state index in [4.69, 9.17) is 9.47 Å². The van der Waals surface area contributed by atoms with Crippen molar-refractivity contribution in [1.82, 2.24) is 0 Å². The maximum atomic E-state index is 11.2. The molecule has 0 amide bonds. The minimum Gasteiger partial charge on any atom is -0.463 e. The predicted octanol–water partition coefficient (Wildman–Crippen LogP) is 2.41. The normalized spacial score (nSPS) is 10.1. The van der Waals surface area contributed by atoms with Crippen LogP contribution < -0.4 is 4.74 Å². The van der Waals surface area contributed by atoms with Crippen molar-refractivity contribution >= 4 is 18.2 Å². The summed E-state index contributed by atoms with van der Waals surface area (Å²) >= 11 is 0. The van der Waals surface area contributed by atoms with Crippen molar-refractivity contribution in [3.8, 4) is 5.75 Å². The van der Waals surface area contributed by atoms with E-state index in [2.05, 4.69) is 4.74 Å². The molecule has 5 heteroatoms. The van der Waals surface area contributed by atoms with E-state index in [1.807, 2.05) is 0 Å². The first kappa shape index (κ1) is 13.8. The van der Waals surface area contributed by atoms with Gasteiger partial charge in [0.05, 0.1) is 13.7 Å². The Morgan fingerprint density at radius 1 is 1.28 bits per heavy atom. The highest BCUT2D eigenvalue weighted by atomic mass is 16.7. The Morgan fingerprint density at radius 3 is 2.67 bits per heavy atom. The van der Waals surface area contributed by atoms with E-state index in [-0.39, 0.29) is 0 Å². The van der Waals surface area contributed by atoms with E-state index >= 15 is 0 Å². The smallest absolute Gasteiger partial charge is 0.463 e. The van der Waals surface area contributed by atoms with Gasteiger partial charge in [-0.1, -0.05) is 18.2 Å². The van der Waals surface area contributed by atoms with Crippen LogP contribution in [0.25, 0.3) is 6.08 Å². The minimum absolute atomic E-state index is 0.309. The summed E-state index contributed by atoms with van der Waals surface area (Å²) in [4.78, 5) is 22.2. The van der Waals surface area contributed by atoms with Crippen molar-refractivity contribution in [2.75, 3.05) is 13.7 Å². The van der Waals surface area contributed by atoms with Gasteiger partial charge >= 0.3 is 12.1 Å². The van der Waals surface area contributed by atoms with Gasteiger partial charge in [-0.3, -0.25) is 0 Å². The SMILES string of the molecule is CCOC(=O)C=Cc1ccccc1OC(=O)OC. The van der Waals surface area contributed by atoms with Gasteiger partial charge in [-0.2, -0.15) is 0 Å². The number of methoxy groups -OCH3 is 1. The summed E-state index contributed by atoms with van der Waals surface area (Å²) in [5, 5.41) is 0. The lowest BCUT2D eigenvalue weighted by Crippen LogP contribution is -2.08. The lowest BCUT2D eigenvalue weighted by Gasteiger charge is -2.05. The summed E-state index contributed by atoms with van der Waals surface area (Å²) in [6, 6.07) is 6.77. The van der Waals surface area contributed by atoms with Crippen LogP contribution in [0.2, 0.25) is 0 Å². The van der Waals surface area contributed by atoms with E-state index in [1.165, 1.54) is 19.3 Å². The maximum absolute atomic E-state index is 11.2. The van der Waals surface area contributed by atoms with Gasteiger partial charge in [-0.25, -0.2) is 9.59 Å². The van der Waals surface area contributed by atoms with Gasteiger partial charge in [0, 0.05) is 11.6 Å². The Bertz CT molecular complexity index is 450. The van der Waals surface area contributed by atoms with Gasteiger partial charge in [0.15, 0.2) is 0 Å². The molecule has 5 nitrogen and oxygen atoms in total. The number of esters is 1. The fourth-order valence-corrected chi connectivity index (χ4v) is 1.19. The Hall–Kier alpha value is -2.30. The first-order valence-corrected chi connectivity index (χ1v) is 5.37. The average Bonchev–Trinajstić information content (AvgIpc) is 2.38. The number of para-hydroxylation sites is 1. The maximum Gasteiger partial charge on any atom is 0.513 e. The lowest BCUT2D eigenvalue weighted by molar-refractivity contribution is -0.137. The van der Waals surface area contributed by atoms with Crippen molar-refractivity contribution in [2.45, 2.75) is 6.92 Å². The van der Waals surface area contributed by atoms with Crippen LogP contribution in [0.1, 0.15) is 12.5 Å². The molecule has 0 atom stereocenters. The molecule has 0 fully saturated rings. The molecule has 0 N–H and O–H groups in total. The van der Waals surface area contributed by atoms with Crippen molar-refractivity contribution in [3.63, 3.8) is 0 Å². The molecule has 0 saturated heterocycles. The zero-order chi connectivity index (χ0) is 13.4. The molecule has 1 rings (SSSR count). The molecule has 18 heavy (non-hydrogen) atoms. The van der Waals surface area contributed by atoms with Crippen LogP contribution in [-0.4, -0.2) is 25.8 Å². The third-order valence-electron chi connectivity index (χ3n) is 1.96. The van der Waals surface area contributed by atoms with Crippen LogP contribution in [0.5, 0.6) is 5.75 Å². The third-order valence-corrected chi connectivity index (χ3v) is 1.96. The topological polar surface area (TPSA) is 61.8 Å². The second-order valence-electron chi connectivity index (χ2n) is 3.18. The number of benzene rings is 1. The zero-order valence-electron chi connectivity index (χ0n) is 10.2. The monoisotopic (exact) mass is 250 g/mol. The van der Waals surface area contributed by atoms with Crippen molar-refractivity contribution in [1.29, 1.82) is 0 Å². The number of hydrogen-bond donors (Lipinski definition) is 0. The largest absolute Gasteiger partial charge is 0.513 e. The van der Waals surface area contributed by atoms with Crippen molar-refractivity contribution < 1.29 is 23.8 Å². The van der Waals surface area contributed by atoms with E-state index in [0.717, 1.165) is 0 Å². The van der Waals surface area contributed by atoms with Crippen molar-refractivity contribution in [3.05, 3.63) is 35.9 Å². The summed E-state index contributed by atoms with van der Waals surface area (Å²) in [6.45, 7) is 2.03. The molecular formula is C13H14O5. The molecule has 0 saturated carbocycles. The van der Waals surface area contributed by atoms with Crippen molar-refractivity contribution in [2.24, 2.45) is 0 Å². The van der Waals surface area contributed by atoms with Crippen LogP contribution in [0.4, 0.5) is 4.79 Å². The number of ether oxygens (including phenoxy) is 3. The number of carbonyl (C=O) groups excluding carboxylic acids is 2. The highest BCUT2D eigenvalue weighted by Crippen LogP contribution is 2.19. The van der Waals surface area contributed by atoms with E-state index in [9.17, 15) is 9.59 Å². The average molecular weight is 250 g/mol. The molecule has 0 aliphatic carbocycles. The van der Waals surface area contributed by atoms with E-state index < -0.39 is 12.1 Å². The molecule has 1 aromatic rings. The highest BCUT2D eigenvalue weighted by molar-refractivity contribution is 5.87. The van der Waals surface area contributed by atoms with Gasteiger partial charge in [-0.15, -0.1) is 0 Å². The summed E-state index contributed by atoms with van der Waals surface area (Å²) < 4.78 is 14.1. The molecular weight excluding hydrogens is 236 g/mol. The van der Waals surface area contributed by atoms with Gasteiger partial charge in [-0.05, 0) is 19.1 Å². The molecule has 1 aromatic carbocycles. The fraction of sp³-hybridized carbons (Fsp3) is 0.231. The fourth-order valence-electron chi connectivity index (χ4n) is 1.19. The number of rotatable bonds is 4. The lowest BCUT2D eigenvalue weighted by atomic mass is 10.2. The van der Waals surface area contributed by atoms with Crippen LogP contribution >= 0.6 is 0 Å². The molecule has 0 spiro atoms. The van der Waals surface area contributed by atoms with Crippen LogP contribution in [0, 0.1) is 0 Å². The molecule has 0 aliphatic rings. The number of carbonyl (C=O) groups is 2.